The molecule has 0 aliphatic carbocycles. The highest BCUT2D eigenvalue weighted by molar-refractivity contribution is 5.75. The molecule has 5 heteroatoms. The van der Waals surface area contributed by atoms with Crippen LogP contribution in [-0.2, 0) is 0 Å². The Balaban J connectivity index is 1.31. The van der Waals surface area contributed by atoms with Crippen LogP contribution < -0.4 is 14.8 Å². The Morgan fingerprint density at radius 1 is 1.08 bits per heavy atom. The second kappa shape index (κ2) is 6.43. The molecule has 1 saturated heterocycles. The summed E-state index contributed by atoms with van der Waals surface area (Å²) in [5.74, 6) is 1.49. The van der Waals surface area contributed by atoms with Crippen LogP contribution in [0.3, 0.4) is 0 Å². The first-order valence-electron chi connectivity index (χ1n) is 8.29. The lowest BCUT2D eigenvalue weighted by molar-refractivity contribution is 0.0824. The van der Waals surface area contributed by atoms with Crippen LogP contribution in [0.1, 0.15) is 18.0 Å². The minimum Gasteiger partial charge on any atom is -0.486 e. The number of hydrogen-bond donors (Lipinski definition) is 1. The lowest BCUT2D eigenvalue weighted by Crippen LogP contribution is -2.52. The van der Waals surface area contributed by atoms with Crippen molar-refractivity contribution in [3.05, 3.63) is 60.2 Å². The summed E-state index contributed by atoms with van der Waals surface area (Å²) in [5.41, 5.74) is 1.19. The van der Waals surface area contributed by atoms with Crippen molar-refractivity contribution in [2.24, 2.45) is 0 Å². The van der Waals surface area contributed by atoms with Gasteiger partial charge in [0.2, 0.25) is 0 Å². The van der Waals surface area contributed by atoms with Gasteiger partial charge in [-0.2, -0.15) is 0 Å². The van der Waals surface area contributed by atoms with Crippen molar-refractivity contribution < 1.29 is 14.3 Å². The van der Waals surface area contributed by atoms with Gasteiger partial charge in [0.15, 0.2) is 17.6 Å². The van der Waals surface area contributed by atoms with Crippen molar-refractivity contribution in [1.29, 1.82) is 0 Å². The number of carbonyl (C=O) groups excluding carboxylic acids is 1. The molecule has 2 amide bonds. The van der Waals surface area contributed by atoms with E-state index in [1.165, 1.54) is 5.56 Å². The maximum absolute atomic E-state index is 12.4. The molecule has 2 heterocycles. The highest BCUT2D eigenvalue weighted by Crippen LogP contribution is 2.33. The molecule has 0 unspecified atom stereocenters. The Kier molecular flexibility index (Phi) is 3.99. The molecule has 1 N–H and O–H groups in total. The minimum atomic E-state index is -0.166. The normalized spacial score (nSPS) is 21.8. The molecule has 0 aromatic heterocycles. The fourth-order valence-electron chi connectivity index (χ4n) is 3.12. The molecule has 2 atom stereocenters. The molecule has 0 saturated carbocycles. The largest absolute Gasteiger partial charge is 0.486 e. The predicted molar refractivity (Wildman–Crippen MR) is 90.3 cm³/mol. The van der Waals surface area contributed by atoms with E-state index in [0.29, 0.717) is 13.2 Å². The number of hydrogen-bond acceptors (Lipinski definition) is 3. The third-order valence-corrected chi connectivity index (χ3v) is 4.51. The van der Waals surface area contributed by atoms with E-state index in [0.717, 1.165) is 24.5 Å². The van der Waals surface area contributed by atoms with Crippen LogP contribution in [0.25, 0.3) is 0 Å². The lowest BCUT2D eigenvalue weighted by Gasteiger charge is -2.41. The SMILES string of the molecule is O=C(NC[C@H]1COc2ccccc2O1)N1CC[C@H]1c1ccccc1. The van der Waals surface area contributed by atoms with E-state index in [1.54, 1.807) is 0 Å². The first kappa shape index (κ1) is 14.9. The van der Waals surface area contributed by atoms with E-state index < -0.39 is 0 Å². The highest BCUT2D eigenvalue weighted by atomic mass is 16.6. The van der Waals surface area contributed by atoms with Gasteiger partial charge in [-0.3, -0.25) is 0 Å². The number of likely N-dealkylation sites (tertiary alicyclic amines) is 1. The quantitative estimate of drug-likeness (QED) is 0.944. The van der Waals surface area contributed by atoms with Crippen molar-refractivity contribution in [3.8, 4) is 11.5 Å². The molecule has 1 fully saturated rings. The molecule has 0 spiro atoms. The Morgan fingerprint density at radius 2 is 1.83 bits per heavy atom. The van der Waals surface area contributed by atoms with E-state index in [2.05, 4.69) is 17.4 Å². The van der Waals surface area contributed by atoms with Crippen molar-refractivity contribution in [2.75, 3.05) is 19.7 Å². The molecular weight excluding hydrogens is 304 g/mol. The molecule has 5 nitrogen and oxygen atoms in total. The van der Waals surface area contributed by atoms with Crippen LogP contribution >= 0.6 is 0 Å². The van der Waals surface area contributed by atoms with Crippen molar-refractivity contribution >= 4 is 6.03 Å². The Bertz CT molecular complexity index is 720. The average molecular weight is 324 g/mol. The maximum Gasteiger partial charge on any atom is 0.318 e. The second-order valence-corrected chi connectivity index (χ2v) is 6.09. The van der Waals surface area contributed by atoms with E-state index >= 15 is 0 Å². The third kappa shape index (κ3) is 2.89. The van der Waals surface area contributed by atoms with Gasteiger partial charge in [0, 0.05) is 6.54 Å². The molecule has 0 radical (unpaired) electrons. The summed E-state index contributed by atoms with van der Waals surface area (Å²) in [5, 5.41) is 2.97. The summed E-state index contributed by atoms with van der Waals surface area (Å²) in [7, 11) is 0. The maximum atomic E-state index is 12.4. The summed E-state index contributed by atoms with van der Waals surface area (Å²) < 4.78 is 11.5. The van der Waals surface area contributed by atoms with Crippen LogP contribution in [0.2, 0.25) is 0 Å². The molecule has 2 aromatic carbocycles. The van der Waals surface area contributed by atoms with Crippen LogP contribution in [-0.4, -0.2) is 36.7 Å². The first-order chi connectivity index (χ1) is 11.8. The smallest absolute Gasteiger partial charge is 0.318 e. The first-order valence-corrected chi connectivity index (χ1v) is 8.29. The fraction of sp³-hybridized carbons (Fsp3) is 0.316. The fourth-order valence-corrected chi connectivity index (χ4v) is 3.12. The lowest BCUT2D eigenvalue weighted by atomic mass is 9.95. The monoisotopic (exact) mass is 324 g/mol. The van der Waals surface area contributed by atoms with E-state index in [4.69, 9.17) is 9.47 Å². The molecule has 2 aliphatic heterocycles. The number of urea groups is 1. The number of nitrogens with zero attached hydrogens (tertiary/aromatic N) is 1. The summed E-state index contributed by atoms with van der Waals surface area (Å²) in [6.07, 6.45) is 0.841. The zero-order valence-electron chi connectivity index (χ0n) is 13.4. The van der Waals surface area contributed by atoms with Gasteiger partial charge >= 0.3 is 6.03 Å². The topological polar surface area (TPSA) is 50.8 Å². The second-order valence-electron chi connectivity index (χ2n) is 6.09. The predicted octanol–water partition coefficient (Wildman–Crippen LogP) is 2.98. The van der Waals surface area contributed by atoms with Gasteiger partial charge in [-0.25, -0.2) is 4.79 Å². The number of para-hydroxylation sites is 2. The summed E-state index contributed by atoms with van der Waals surface area (Å²) in [6, 6.07) is 17.9. The molecule has 2 aromatic rings. The van der Waals surface area contributed by atoms with E-state index in [9.17, 15) is 4.79 Å². The van der Waals surface area contributed by atoms with Gasteiger partial charge in [0.25, 0.3) is 0 Å². The van der Waals surface area contributed by atoms with Crippen LogP contribution in [0.4, 0.5) is 4.79 Å². The van der Waals surface area contributed by atoms with Crippen LogP contribution in [0.15, 0.2) is 54.6 Å². The van der Waals surface area contributed by atoms with Crippen LogP contribution in [0.5, 0.6) is 11.5 Å². The number of fused-ring (bicyclic) bond motifs is 1. The van der Waals surface area contributed by atoms with Gasteiger partial charge < -0.3 is 19.7 Å². The molecule has 2 aliphatic rings. The van der Waals surface area contributed by atoms with Crippen LogP contribution in [0, 0.1) is 0 Å². The average Bonchev–Trinajstić information content (AvgIpc) is 2.60. The number of carbonyl (C=O) groups is 1. The van der Waals surface area contributed by atoms with Gasteiger partial charge in [0.1, 0.15) is 6.61 Å². The summed E-state index contributed by atoms with van der Waals surface area (Å²) in [4.78, 5) is 14.3. The number of rotatable bonds is 3. The molecular formula is C19H20N2O3. The van der Waals surface area contributed by atoms with Crippen molar-refractivity contribution in [3.63, 3.8) is 0 Å². The minimum absolute atomic E-state index is 0.0439. The molecule has 124 valence electrons. The zero-order chi connectivity index (χ0) is 16.4. The Labute approximate surface area is 141 Å². The van der Waals surface area contributed by atoms with Gasteiger partial charge in [-0.15, -0.1) is 0 Å². The van der Waals surface area contributed by atoms with Gasteiger partial charge in [-0.1, -0.05) is 42.5 Å². The zero-order valence-corrected chi connectivity index (χ0v) is 13.4. The highest BCUT2D eigenvalue weighted by Gasteiger charge is 2.33. The van der Waals surface area contributed by atoms with Crippen molar-refractivity contribution in [1.82, 2.24) is 10.2 Å². The standard InChI is InChI=1S/C19H20N2O3/c22-19(21-11-10-16(21)14-6-2-1-3-7-14)20-12-15-13-23-17-8-4-5-9-18(17)24-15/h1-9,15-16H,10-13H2,(H,20,22)/t15-,16-/m0/s1. The van der Waals surface area contributed by atoms with Gasteiger partial charge in [-0.05, 0) is 24.1 Å². The molecule has 24 heavy (non-hydrogen) atoms. The molecule has 0 bridgehead atoms. The van der Waals surface area contributed by atoms with Crippen molar-refractivity contribution in [2.45, 2.75) is 18.6 Å². The number of ether oxygens (including phenoxy) is 2. The summed E-state index contributed by atoms with van der Waals surface area (Å²) >= 11 is 0. The third-order valence-electron chi connectivity index (χ3n) is 4.51. The Morgan fingerprint density at radius 3 is 2.58 bits per heavy atom. The van der Waals surface area contributed by atoms with Gasteiger partial charge in [0.05, 0.1) is 12.6 Å². The van der Waals surface area contributed by atoms with E-state index in [-0.39, 0.29) is 18.2 Å². The number of benzene rings is 2. The number of amides is 2. The van der Waals surface area contributed by atoms with E-state index in [1.807, 2.05) is 47.4 Å². The number of nitrogens with one attached hydrogen (secondary N) is 1. The molecule has 4 rings (SSSR count). The Hall–Kier alpha value is -2.69. The summed E-state index contributed by atoms with van der Waals surface area (Å²) in [6.45, 7) is 1.67.